The van der Waals surface area contributed by atoms with E-state index in [0.29, 0.717) is 24.2 Å². The van der Waals surface area contributed by atoms with Gasteiger partial charge in [-0.3, -0.25) is 9.59 Å². The van der Waals surface area contributed by atoms with Gasteiger partial charge in [0.1, 0.15) is 16.7 Å². The molecular formula is C29H28N2O6. The van der Waals surface area contributed by atoms with Crippen LogP contribution in [0, 0.1) is 0 Å². The molecule has 1 amide bonds. The Balaban J connectivity index is 1.72. The van der Waals surface area contributed by atoms with Crippen LogP contribution in [-0.2, 0) is 4.79 Å². The molecule has 2 heterocycles. The van der Waals surface area contributed by atoms with Gasteiger partial charge in [-0.25, -0.2) is 0 Å². The molecule has 0 unspecified atom stereocenters. The van der Waals surface area contributed by atoms with Gasteiger partial charge >= 0.3 is 0 Å². The van der Waals surface area contributed by atoms with E-state index in [0.717, 1.165) is 13.1 Å². The Labute approximate surface area is 213 Å². The number of phenolic OH excluding ortho intramolecular Hbond substituents is 3. The van der Waals surface area contributed by atoms with Gasteiger partial charge < -0.3 is 29.5 Å². The first-order valence-corrected chi connectivity index (χ1v) is 12.2. The Morgan fingerprint density at radius 1 is 0.892 bits per heavy atom. The number of fused-ring (bicyclic) bond motifs is 1. The van der Waals surface area contributed by atoms with E-state index in [-0.39, 0.29) is 34.6 Å². The summed E-state index contributed by atoms with van der Waals surface area (Å²) in [6.07, 6.45) is -0.0279. The summed E-state index contributed by atoms with van der Waals surface area (Å²) in [4.78, 5) is 30.5. The number of rotatable bonds is 5. The van der Waals surface area contributed by atoms with Crippen molar-refractivity contribution >= 4 is 16.9 Å². The summed E-state index contributed by atoms with van der Waals surface area (Å²) in [6.45, 7) is 2.67. The Kier molecular flexibility index (Phi) is 6.58. The minimum absolute atomic E-state index is 0.0279. The van der Waals surface area contributed by atoms with Crippen LogP contribution >= 0.6 is 0 Å². The molecule has 1 aromatic heterocycles. The second kappa shape index (κ2) is 9.99. The maximum Gasteiger partial charge on any atom is 0.223 e. The number of hydrogen-bond acceptors (Lipinski definition) is 7. The predicted molar refractivity (Wildman–Crippen MR) is 140 cm³/mol. The van der Waals surface area contributed by atoms with E-state index in [9.17, 15) is 24.9 Å². The second-order valence-corrected chi connectivity index (χ2v) is 9.36. The van der Waals surface area contributed by atoms with E-state index in [1.165, 1.54) is 6.07 Å². The van der Waals surface area contributed by atoms with Crippen molar-refractivity contribution in [2.75, 3.05) is 33.2 Å². The van der Waals surface area contributed by atoms with Gasteiger partial charge in [-0.1, -0.05) is 60.7 Å². The van der Waals surface area contributed by atoms with Crippen molar-refractivity contribution < 1.29 is 24.5 Å². The molecule has 37 heavy (non-hydrogen) atoms. The van der Waals surface area contributed by atoms with Crippen LogP contribution in [0.2, 0.25) is 0 Å². The number of piperazine rings is 1. The molecular weight excluding hydrogens is 472 g/mol. The van der Waals surface area contributed by atoms with E-state index in [1.54, 1.807) is 29.2 Å². The Hall–Kier alpha value is -4.30. The lowest BCUT2D eigenvalue weighted by Crippen LogP contribution is -2.47. The number of likely N-dealkylation sites (N-methyl/N-ethyl adjacent to an activating group) is 1. The molecule has 0 saturated carbocycles. The number of phenols is 3. The second-order valence-electron chi connectivity index (χ2n) is 9.36. The molecule has 8 heteroatoms. The topological polar surface area (TPSA) is 114 Å². The van der Waals surface area contributed by atoms with E-state index in [2.05, 4.69) is 4.90 Å². The SMILES string of the molecule is CN1CCN(C(=O)C[C@H](c2ccccc2)c2c(O)c(O)c(O)c3c(=O)cc(-c4ccccc4)oc23)CC1. The number of amides is 1. The van der Waals surface area contributed by atoms with E-state index in [4.69, 9.17) is 4.42 Å². The van der Waals surface area contributed by atoms with Gasteiger partial charge in [-0.2, -0.15) is 0 Å². The standard InChI is InChI=1S/C29H28N2O6/c1-30-12-14-31(15-13-30)23(33)16-20(18-8-4-2-5-9-18)24-26(34)28(36)27(35)25-21(32)17-22(37-29(24)25)19-10-6-3-7-11-19/h2-11,17,20,34-36H,12-16H2,1H3/t20-/m1/s1. The van der Waals surface area contributed by atoms with Crippen molar-refractivity contribution in [2.24, 2.45) is 0 Å². The normalized spacial score (nSPS) is 15.1. The number of nitrogens with zero attached hydrogens (tertiary/aromatic N) is 2. The summed E-state index contributed by atoms with van der Waals surface area (Å²) in [5, 5.41) is 32.1. The zero-order valence-electron chi connectivity index (χ0n) is 20.4. The molecule has 3 N–H and O–H groups in total. The molecule has 5 rings (SSSR count). The lowest BCUT2D eigenvalue weighted by molar-refractivity contribution is -0.133. The molecule has 3 aromatic carbocycles. The third kappa shape index (κ3) is 4.63. The highest BCUT2D eigenvalue weighted by atomic mass is 16.3. The van der Waals surface area contributed by atoms with Crippen LogP contribution in [0.25, 0.3) is 22.3 Å². The first-order chi connectivity index (χ1) is 17.8. The summed E-state index contributed by atoms with van der Waals surface area (Å²) in [5.74, 6) is -2.85. The smallest absolute Gasteiger partial charge is 0.223 e. The zero-order valence-corrected chi connectivity index (χ0v) is 20.4. The molecule has 1 aliphatic rings. The van der Waals surface area contributed by atoms with Crippen LogP contribution < -0.4 is 5.43 Å². The van der Waals surface area contributed by atoms with Gasteiger partial charge in [0.25, 0.3) is 0 Å². The van der Waals surface area contributed by atoms with Gasteiger partial charge in [-0.05, 0) is 12.6 Å². The molecule has 1 atom stereocenters. The van der Waals surface area contributed by atoms with E-state index >= 15 is 0 Å². The Morgan fingerprint density at radius 3 is 2.16 bits per heavy atom. The van der Waals surface area contributed by atoms with Gasteiger partial charge in [0.15, 0.2) is 16.9 Å². The molecule has 0 bridgehead atoms. The van der Waals surface area contributed by atoms with Gasteiger partial charge in [-0.15, -0.1) is 0 Å². The number of benzene rings is 3. The molecule has 1 fully saturated rings. The monoisotopic (exact) mass is 500 g/mol. The van der Waals surface area contributed by atoms with Crippen molar-refractivity contribution in [3.05, 3.63) is 88.1 Å². The average molecular weight is 501 g/mol. The molecule has 8 nitrogen and oxygen atoms in total. The van der Waals surface area contributed by atoms with Gasteiger partial charge in [0, 0.05) is 55.7 Å². The van der Waals surface area contributed by atoms with Gasteiger partial charge in [0.05, 0.1) is 0 Å². The molecule has 0 aliphatic carbocycles. The first kappa shape index (κ1) is 24.4. The first-order valence-electron chi connectivity index (χ1n) is 12.2. The number of hydrogen-bond donors (Lipinski definition) is 3. The maximum absolute atomic E-state index is 13.4. The molecule has 0 spiro atoms. The molecule has 4 aromatic rings. The highest BCUT2D eigenvalue weighted by Crippen LogP contribution is 2.49. The fraction of sp³-hybridized carbons (Fsp3) is 0.241. The summed E-state index contributed by atoms with van der Waals surface area (Å²) in [5.41, 5.74) is 0.753. The number of carbonyl (C=O) groups is 1. The van der Waals surface area contributed by atoms with Crippen LogP contribution in [0.4, 0.5) is 0 Å². The fourth-order valence-electron chi connectivity index (χ4n) is 4.87. The molecule has 1 saturated heterocycles. The summed E-state index contributed by atoms with van der Waals surface area (Å²) in [7, 11) is 2.00. The van der Waals surface area contributed by atoms with Crippen molar-refractivity contribution in [2.45, 2.75) is 12.3 Å². The third-order valence-corrected chi connectivity index (χ3v) is 6.98. The van der Waals surface area contributed by atoms with Crippen molar-refractivity contribution in [1.82, 2.24) is 9.80 Å². The summed E-state index contributed by atoms with van der Waals surface area (Å²) >= 11 is 0. The lowest BCUT2D eigenvalue weighted by atomic mass is 9.85. The average Bonchev–Trinajstić information content (AvgIpc) is 2.92. The van der Waals surface area contributed by atoms with E-state index in [1.807, 2.05) is 43.4 Å². The minimum Gasteiger partial charge on any atom is -0.504 e. The van der Waals surface area contributed by atoms with E-state index < -0.39 is 28.6 Å². The van der Waals surface area contributed by atoms with Crippen molar-refractivity contribution in [1.29, 1.82) is 0 Å². The third-order valence-electron chi connectivity index (χ3n) is 6.98. The highest BCUT2D eigenvalue weighted by molar-refractivity contribution is 5.94. The Morgan fingerprint density at radius 2 is 1.51 bits per heavy atom. The van der Waals surface area contributed by atoms with Crippen LogP contribution in [-0.4, -0.2) is 64.3 Å². The summed E-state index contributed by atoms with van der Waals surface area (Å²) < 4.78 is 6.16. The van der Waals surface area contributed by atoms with Crippen molar-refractivity contribution in [3.63, 3.8) is 0 Å². The predicted octanol–water partition coefficient (Wildman–Crippen LogP) is 3.87. The summed E-state index contributed by atoms with van der Waals surface area (Å²) in [6, 6.07) is 19.3. The van der Waals surface area contributed by atoms with Crippen LogP contribution in [0.3, 0.4) is 0 Å². The lowest BCUT2D eigenvalue weighted by Gasteiger charge is -2.33. The molecule has 1 aliphatic heterocycles. The largest absolute Gasteiger partial charge is 0.504 e. The fourth-order valence-corrected chi connectivity index (χ4v) is 4.87. The van der Waals surface area contributed by atoms with Crippen LogP contribution in [0.1, 0.15) is 23.5 Å². The number of aromatic hydroxyl groups is 3. The molecule has 190 valence electrons. The molecule has 0 radical (unpaired) electrons. The maximum atomic E-state index is 13.4. The quantitative estimate of drug-likeness (QED) is 0.357. The van der Waals surface area contributed by atoms with Crippen molar-refractivity contribution in [3.8, 4) is 28.6 Å². The highest BCUT2D eigenvalue weighted by Gasteiger charge is 2.32. The number of carbonyl (C=O) groups excluding carboxylic acids is 1. The van der Waals surface area contributed by atoms with Crippen LogP contribution in [0.5, 0.6) is 17.2 Å². The van der Waals surface area contributed by atoms with Crippen LogP contribution in [0.15, 0.2) is 75.9 Å². The minimum atomic E-state index is -0.824. The Bertz CT molecular complexity index is 1490. The van der Waals surface area contributed by atoms with Gasteiger partial charge in [0.2, 0.25) is 11.7 Å². The zero-order chi connectivity index (χ0) is 26.1.